The molecule has 0 radical (unpaired) electrons. The van der Waals surface area contributed by atoms with Crippen molar-refractivity contribution in [1.82, 2.24) is 15.0 Å². The maximum Gasteiger partial charge on any atom is 0.163 e. The number of fused-ring (bicyclic) bond motifs is 1. The molecule has 0 unspecified atom stereocenters. The Balaban J connectivity index is 1.70. The molecule has 4 rings (SSSR count). The second-order valence-corrected chi connectivity index (χ2v) is 7.41. The molecule has 2 aromatic heterocycles. The Morgan fingerprint density at radius 2 is 1.77 bits per heavy atom. The van der Waals surface area contributed by atoms with Gasteiger partial charge < -0.3 is 15.0 Å². The van der Waals surface area contributed by atoms with Gasteiger partial charge in [0.15, 0.2) is 5.82 Å². The fourth-order valence-electron chi connectivity index (χ4n) is 3.61. The Labute approximate surface area is 176 Å². The molecule has 0 saturated heterocycles. The Bertz CT molecular complexity index is 1130. The summed E-state index contributed by atoms with van der Waals surface area (Å²) in [5, 5.41) is 4.58. The van der Waals surface area contributed by atoms with Crippen molar-refractivity contribution in [1.29, 1.82) is 0 Å². The van der Waals surface area contributed by atoms with E-state index in [9.17, 15) is 0 Å². The monoisotopic (exact) mass is 400 g/mol. The van der Waals surface area contributed by atoms with E-state index in [1.807, 2.05) is 54.6 Å². The van der Waals surface area contributed by atoms with E-state index in [0.29, 0.717) is 12.4 Å². The van der Waals surface area contributed by atoms with Crippen molar-refractivity contribution in [2.75, 3.05) is 33.1 Å². The number of methoxy groups -OCH3 is 1. The molecule has 2 aromatic carbocycles. The number of aromatic nitrogens is 3. The molecule has 4 aromatic rings. The van der Waals surface area contributed by atoms with E-state index in [2.05, 4.69) is 30.5 Å². The number of nitrogens with zero attached hydrogens (tertiary/aromatic N) is 3. The van der Waals surface area contributed by atoms with Crippen LogP contribution < -0.4 is 15.0 Å². The molecule has 6 nitrogen and oxygen atoms in total. The zero-order valence-electron chi connectivity index (χ0n) is 17.5. The number of pyridine rings is 1. The van der Waals surface area contributed by atoms with Crippen LogP contribution in [-0.4, -0.2) is 42.7 Å². The highest BCUT2D eigenvalue weighted by atomic mass is 16.5. The molecule has 0 fully saturated rings. The van der Waals surface area contributed by atoms with Gasteiger partial charge in [0.05, 0.1) is 38.8 Å². The van der Waals surface area contributed by atoms with E-state index in [4.69, 9.17) is 14.7 Å². The molecule has 0 aliphatic heterocycles. The Hall–Kier alpha value is -3.51. The van der Waals surface area contributed by atoms with Crippen molar-refractivity contribution in [2.45, 2.75) is 6.04 Å². The molecule has 0 amide bonds. The van der Waals surface area contributed by atoms with Crippen LogP contribution in [0.1, 0.15) is 11.6 Å². The van der Waals surface area contributed by atoms with Gasteiger partial charge in [0, 0.05) is 23.3 Å². The summed E-state index contributed by atoms with van der Waals surface area (Å²) in [7, 11) is 6.02. The van der Waals surface area contributed by atoms with Crippen LogP contribution in [-0.2, 0) is 0 Å². The van der Waals surface area contributed by atoms with Gasteiger partial charge in [-0.25, -0.2) is 9.97 Å². The largest absolute Gasteiger partial charge is 0.496 e. The number of hydrogen-bond donors (Lipinski definition) is 2. The lowest BCUT2D eigenvalue weighted by molar-refractivity contribution is -0.890. The molecule has 0 aliphatic rings. The quantitative estimate of drug-likeness (QED) is 0.499. The third-order valence-electron chi connectivity index (χ3n) is 5.21. The SMILES string of the molecule is COc1ccccc1[C@@H](CNc1nc(-c2cccnc2)nc2ccccc12)[NH+](C)C. The zero-order chi connectivity index (χ0) is 20.9. The van der Waals surface area contributed by atoms with Gasteiger partial charge >= 0.3 is 0 Å². The summed E-state index contributed by atoms with van der Waals surface area (Å²) in [5.74, 6) is 2.38. The predicted octanol–water partition coefficient (Wildman–Crippen LogP) is 3.00. The lowest BCUT2D eigenvalue weighted by Crippen LogP contribution is -3.06. The van der Waals surface area contributed by atoms with Crippen molar-refractivity contribution in [3.63, 3.8) is 0 Å². The zero-order valence-corrected chi connectivity index (χ0v) is 17.5. The minimum Gasteiger partial charge on any atom is -0.496 e. The first kappa shape index (κ1) is 19.8. The van der Waals surface area contributed by atoms with E-state index >= 15 is 0 Å². The van der Waals surface area contributed by atoms with Crippen LogP contribution in [0.15, 0.2) is 73.1 Å². The summed E-state index contributed by atoms with van der Waals surface area (Å²) in [4.78, 5) is 15.1. The number of nitrogens with one attached hydrogen (secondary N) is 2. The number of hydrogen-bond acceptors (Lipinski definition) is 5. The van der Waals surface area contributed by atoms with Crippen LogP contribution in [0.25, 0.3) is 22.3 Å². The molecule has 30 heavy (non-hydrogen) atoms. The van der Waals surface area contributed by atoms with Crippen LogP contribution in [0, 0.1) is 0 Å². The van der Waals surface area contributed by atoms with Gasteiger partial charge in [0.1, 0.15) is 17.6 Å². The van der Waals surface area contributed by atoms with Gasteiger partial charge in [0.2, 0.25) is 0 Å². The van der Waals surface area contributed by atoms with Gasteiger partial charge in [-0.1, -0.05) is 24.3 Å². The fourth-order valence-corrected chi connectivity index (χ4v) is 3.61. The molecule has 2 N–H and O–H groups in total. The predicted molar refractivity (Wildman–Crippen MR) is 120 cm³/mol. The van der Waals surface area contributed by atoms with Crippen LogP contribution in [0.2, 0.25) is 0 Å². The standard InChI is InChI=1S/C24H25N5O/c1-29(2)21(19-11-5-7-13-22(19)30-3)16-26-24-18-10-4-6-12-20(18)27-23(28-24)17-9-8-14-25-15-17/h4-15,21H,16H2,1-3H3,(H,26,27,28)/p+1/t21-/m1/s1. The molecule has 1 atom stereocenters. The molecule has 0 bridgehead atoms. The minimum absolute atomic E-state index is 0.191. The summed E-state index contributed by atoms with van der Waals surface area (Å²) in [5.41, 5.74) is 2.96. The summed E-state index contributed by atoms with van der Waals surface area (Å²) < 4.78 is 5.60. The summed E-state index contributed by atoms with van der Waals surface area (Å²) >= 11 is 0. The average Bonchev–Trinajstić information content (AvgIpc) is 2.79. The summed E-state index contributed by atoms with van der Waals surface area (Å²) in [6.45, 7) is 0.705. The molecule has 0 spiro atoms. The minimum atomic E-state index is 0.191. The van der Waals surface area contributed by atoms with E-state index in [1.54, 1.807) is 19.5 Å². The van der Waals surface area contributed by atoms with E-state index in [0.717, 1.165) is 28.0 Å². The van der Waals surface area contributed by atoms with Crippen LogP contribution in [0.5, 0.6) is 5.75 Å². The topological polar surface area (TPSA) is 64.4 Å². The Kier molecular flexibility index (Phi) is 5.86. The molecular weight excluding hydrogens is 374 g/mol. The highest BCUT2D eigenvalue weighted by Crippen LogP contribution is 2.27. The number of rotatable bonds is 7. The molecular formula is C24H26N5O+. The summed E-state index contributed by atoms with van der Waals surface area (Å²) in [6, 6.07) is 20.3. The van der Waals surface area contributed by atoms with E-state index in [1.165, 1.54) is 10.5 Å². The fraction of sp³-hybridized carbons (Fsp3) is 0.208. The third-order valence-corrected chi connectivity index (χ3v) is 5.21. The van der Waals surface area contributed by atoms with Gasteiger partial charge in [-0.05, 0) is 36.4 Å². The maximum absolute atomic E-state index is 5.60. The Morgan fingerprint density at radius 3 is 2.53 bits per heavy atom. The molecule has 152 valence electrons. The number of quaternary nitrogens is 1. The highest BCUT2D eigenvalue weighted by molar-refractivity contribution is 5.90. The van der Waals surface area contributed by atoms with Crippen LogP contribution >= 0.6 is 0 Å². The first-order valence-electron chi connectivity index (χ1n) is 10.0. The number of ether oxygens (including phenoxy) is 1. The van der Waals surface area contributed by atoms with Gasteiger partial charge in [-0.2, -0.15) is 0 Å². The second kappa shape index (κ2) is 8.88. The van der Waals surface area contributed by atoms with Crippen LogP contribution in [0.3, 0.4) is 0 Å². The van der Waals surface area contributed by atoms with Gasteiger partial charge in [0.25, 0.3) is 0 Å². The summed E-state index contributed by atoms with van der Waals surface area (Å²) in [6.07, 6.45) is 3.54. The highest BCUT2D eigenvalue weighted by Gasteiger charge is 2.22. The molecule has 6 heteroatoms. The van der Waals surface area contributed by atoms with E-state index < -0.39 is 0 Å². The van der Waals surface area contributed by atoms with Gasteiger partial charge in [-0.3, -0.25) is 4.98 Å². The molecule has 2 heterocycles. The number of likely N-dealkylation sites (N-methyl/N-ethyl adjacent to an activating group) is 1. The Morgan fingerprint density at radius 1 is 0.967 bits per heavy atom. The molecule has 0 aliphatic carbocycles. The van der Waals surface area contributed by atoms with Crippen molar-refractivity contribution < 1.29 is 9.64 Å². The molecule has 0 saturated carbocycles. The normalized spacial score (nSPS) is 12.1. The number of benzene rings is 2. The lowest BCUT2D eigenvalue weighted by Gasteiger charge is -2.24. The van der Waals surface area contributed by atoms with E-state index in [-0.39, 0.29) is 6.04 Å². The lowest BCUT2D eigenvalue weighted by atomic mass is 10.0. The van der Waals surface area contributed by atoms with Gasteiger partial charge in [-0.15, -0.1) is 0 Å². The first-order valence-corrected chi connectivity index (χ1v) is 10.0. The second-order valence-electron chi connectivity index (χ2n) is 7.41. The number of anilines is 1. The van der Waals surface area contributed by atoms with Crippen molar-refractivity contribution in [2.24, 2.45) is 0 Å². The first-order chi connectivity index (χ1) is 14.7. The maximum atomic E-state index is 5.60. The third kappa shape index (κ3) is 4.09. The van der Waals surface area contributed by atoms with Crippen LogP contribution in [0.4, 0.5) is 5.82 Å². The van der Waals surface area contributed by atoms with Crippen molar-refractivity contribution in [3.05, 3.63) is 78.6 Å². The van der Waals surface area contributed by atoms with Crippen molar-refractivity contribution in [3.8, 4) is 17.1 Å². The van der Waals surface area contributed by atoms with Crippen molar-refractivity contribution >= 4 is 16.7 Å². The average molecular weight is 401 g/mol. The number of para-hydroxylation sites is 2. The smallest absolute Gasteiger partial charge is 0.163 e.